The fourth-order valence-electron chi connectivity index (χ4n) is 4.83. The number of rotatable bonds is 6. The van der Waals surface area contributed by atoms with E-state index in [1.807, 2.05) is 18.2 Å². The van der Waals surface area contributed by atoms with Crippen molar-refractivity contribution in [3.8, 4) is 0 Å². The molecule has 0 aromatic heterocycles. The summed E-state index contributed by atoms with van der Waals surface area (Å²) in [4.78, 5) is 24.1. The molecule has 2 atom stereocenters. The number of likely N-dealkylation sites (tertiary alicyclic amines) is 1. The summed E-state index contributed by atoms with van der Waals surface area (Å²) in [5.74, 6) is -2.09. The van der Waals surface area contributed by atoms with Crippen molar-refractivity contribution in [2.24, 2.45) is 11.3 Å². The third-order valence-corrected chi connectivity index (χ3v) is 6.59. The lowest BCUT2D eigenvalue weighted by Gasteiger charge is -2.33. The number of carboxylic acid groups (broad SMARTS) is 1. The summed E-state index contributed by atoms with van der Waals surface area (Å²) in [5, 5.41) is 10.3. The molecule has 7 nitrogen and oxygen atoms in total. The number of amides is 1. The smallest absolute Gasteiger partial charge is 0.475 e. The Kier molecular flexibility index (Phi) is 8.72. The molecule has 3 aliphatic heterocycles. The highest BCUT2D eigenvalue weighted by molar-refractivity contribution is 5.77. The molecule has 3 saturated heterocycles. The summed E-state index contributed by atoms with van der Waals surface area (Å²) in [6.07, 6.45) is -1.38. The highest BCUT2D eigenvalue weighted by Gasteiger charge is 2.52. The highest BCUT2D eigenvalue weighted by atomic mass is 19.4. The number of carbonyl (C=O) groups is 2. The highest BCUT2D eigenvalue weighted by Crippen LogP contribution is 2.45. The second kappa shape index (κ2) is 11.3. The van der Waals surface area contributed by atoms with Gasteiger partial charge in [0, 0.05) is 56.6 Å². The minimum absolute atomic E-state index is 0.00906. The van der Waals surface area contributed by atoms with Crippen LogP contribution in [0, 0.1) is 11.3 Å². The number of benzene rings is 1. The maximum Gasteiger partial charge on any atom is 0.490 e. The van der Waals surface area contributed by atoms with Crippen molar-refractivity contribution < 1.29 is 37.3 Å². The van der Waals surface area contributed by atoms with E-state index in [-0.39, 0.29) is 11.3 Å². The number of ether oxygens (including phenoxy) is 2. The van der Waals surface area contributed by atoms with Gasteiger partial charge in [-0.3, -0.25) is 9.69 Å². The molecule has 33 heavy (non-hydrogen) atoms. The number of nitrogens with one attached hydrogen (secondary N) is 1. The number of aliphatic carboxylic acids is 1. The monoisotopic (exact) mass is 472 g/mol. The van der Waals surface area contributed by atoms with Gasteiger partial charge in [0.2, 0.25) is 5.91 Å². The third kappa shape index (κ3) is 7.15. The van der Waals surface area contributed by atoms with Crippen LogP contribution in [0.15, 0.2) is 30.3 Å². The molecule has 3 fully saturated rings. The molecule has 0 unspecified atom stereocenters. The first-order valence-corrected chi connectivity index (χ1v) is 11.2. The lowest BCUT2D eigenvalue weighted by atomic mass is 9.78. The second-order valence-electron chi connectivity index (χ2n) is 8.91. The molecule has 0 aliphatic carbocycles. The van der Waals surface area contributed by atoms with Gasteiger partial charge in [0.25, 0.3) is 0 Å². The number of carbonyl (C=O) groups excluding carboxylic acids is 1. The Balaban J connectivity index is 0.000000383. The van der Waals surface area contributed by atoms with Crippen molar-refractivity contribution >= 4 is 11.9 Å². The number of nitrogens with zero attached hydrogens (tertiary/aromatic N) is 1. The van der Waals surface area contributed by atoms with E-state index in [0.717, 1.165) is 58.8 Å². The van der Waals surface area contributed by atoms with Gasteiger partial charge in [-0.15, -0.1) is 0 Å². The minimum Gasteiger partial charge on any atom is -0.475 e. The molecule has 1 amide bonds. The first-order chi connectivity index (χ1) is 15.7. The van der Waals surface area contributed by atoms with E-state index in [2.05, 4.69) is 22.3 Å². The molecular weight excluding hydrogens is 441 g/mol. The van der Waals surface area contributed by atoms with Gasteiger partial charge in [0.1, 0.15) is 0 Å². The van der Waals surface area contributed by atoms with Crippen molar-refractivity contribution in [3.63, 3.8) is 0 Å². The Morgan fingerprint density at radius 3 is 2.45 bits per heavy atom. The molecule has 4 rings (SSSR count). The van der Waals surface area contributed by atoms with E-state index in [4.69, 9.17) is 19.4 Å². The van der Waals surface area contributed by atoms with Crippen LogP contribution in [0.3, 0.4) is 0 Å². The lowest BCUT2D eigenvalue weighted by molar-refractivity contribution is -0.192. The molecule has 2 N–H and O–H groups in total. The van der Waals surface area contributed by atoms with Gasteiger partial charge in [0.05, 0.1) is 13.2 Å². The average Bonchev–Trinajstić information content (AvgIpc) is 3.32. The number of hydrogen-bond acceptors (Lipinski definition) is 5. The van der Waals surface area contributed by atoms with Crippen LogP contribution in [0.1, 0.15) is 24.8 Å². The Morgan fingerprint density at radius 1 is 1.15 bits per heavy atom. The van der Waals surface area contributed by atoms with Crippen molar-refractivity contribution in [1.29, 1.82) is 0 Å². The van der Waals surface area contributed by atoms with Gasteiger partial charge < -0.3 is 19.9 Å². The summed E-state index contributed by atoms with van der Waals surface area (Å²) >= 11 is 0. The summed E-state index contributed by atoms with van der Waals surface area (Å²) in [7, 11) is 0. The third-order valence-electron chi connectivity index (χ3n) is 6.59. The molecule has 10 heteroatoms. The molecule has 1 aromatic carbocycles. The summed E-state index contributed by atoms with van der Waals surface area (Å²) in [5.41, 5.74) is 1.27. The lowest BCUT2D eigenvalue weighted by Crippen LogP contribution is -2.41. The van der Waals surface area contributed by atoms with E-state index in [9.17, 15) is 18.0 Å². The molecule has 0 saturated carbocycles. The SMILES string of the molecule is O=C(C[C@]12COC[C@H]1CN(C1CCOCC1)C2)NCCc1ccccc1.O=C(O)C(F)(F)F. The summed E-state index contributed by atoms with van der Waals surface area (Å²) in [6.45, 7) is 6.04. The first kappa shape index (κ1) is 25.5. The van der Waals surface area contributed by atoms with Crippen LogP contribution in [0.5, 0.6) is 0 Å². The quantitative estimate of drug-likeness (QED) is 0.662. The molecule has 0 bridgehead atoms. The molecular formula is C23H31F3N2O5. The van der Waals surface area contributed by atoms with Crippen LogP contribution in [-0.4, -0.2) is 80.2 Å². The fourth-order valence-corrected chi connectivity index (χ4v) is 4.83. The van der Waals surface area contributed by atoms with E-state index in [1.54, 1.807) is 0 Å². The van der Waals surface area contributed by atoms with Gasteiger partial charge in [-0.2, -0.15) is 13.2 Å². The molecule has 1 aromatic rings. The molecule has 0 spiro atoms. The van der Waals surface area contributed by atoms with Crippen molar-refractivity contribution in [2.75, 3.05) is 46.1 Å². The first-order valence-electron chi connectivity index (χ1n) is 11.2. The normalized spacial score (nSPS) is 25.7. The van der Waals surface area contributed by atoms with Crippen LogP contribution in [0.2, 0.25) is 0 Å². The zero-order valence-electron chi connectivity index (χ0n) is 18.5. The van der Waals surface area contributed by atoms with E-state index < -0.39 is 12.1 Å². The minimum atomic E-state index is -5.08. The fraction of sp³-hybridized carbons (Fsp3) is 0.652. The maximum absolute atomic E-state index is 12.6. The van der Waals surface area contributed by atoms with Gasteiger partial charge in [0.15, 0.2) is 0 Å². The van der Waals surface area contributed by atoms with Crippen molar-refractivity contribution in [3.05, 3.63) is 35.9 Å². The Hall–Kier alpha value is -2.17. The standard InChI is InChI=1S/C21H30N2O3.C2HF3O2/c24-20(22-9-6-17-4-2-1-3-5-17)12-21-15-23(13-18(21)14-26-16-21)19-7-10-25-11-8-19;3-2(4,5)1(6)7/h1-5,18-19H,6-16H2,(H,22,24);(H,6,7)/t18-,21+;/m1./s1. The zero-order valence-corrected chi connectivity index (χ0v) is 18.5. The number of alkyl halides is 3. The molecule has 3 heterocycles. The number of hydrogen-bond donors (Lipinski definition) is 2. The summed E-state index contributed by atoms with van der Waals surface area (Å²) < 4.78 is 43.0. The van der Waals surface area contributed by atoms with Crippen LogP contribution in [0.25, 0.3) is 0 Å². The topological polar surface area (TPSA) is 88.1 Å². The number of carboxylic acids is 1. The van der Waals surface area contributed by atoms with Crippen LogP contribution in [-0.2, 0) is 25.5 Å². The van der Waals surface area contributed by atoms with E-state index in [1.165, 1.54) is 5.56 Å². The van der Waals surface area contributed by atoms with E-state index in [0.29, 0.717) is 24.9 Å². The molecule has 3 aliphatic rings. The van der Waals surface area contributed by atoms with Crippen LogP contribution >= 0.6 is 0 Å². The van der Waals surface area contributed by atoms with Crippen molar-refractivity contribution in [2.45, 2.75) is 37.9 Å². The van der Waals surface area contributed by atoms with Gasteiger partial charge in [-0.05, 0) is 24.8 Å². The predicted octanol–water partition coefficient (Wildman–Crippen LogP) is 2.50. The number of halogens is 3. The average molecular weight is 473 g/mol. The van der Waals surface area contributed by atoms with Crippen LogP contribution in [0.4, 0.5) is 13.2 Å². The maximum atomic E-state index is 12.6. The van der Waals surface area contributed by atoms with Crippen LogP contribution < -0.4 is 5.32 Å². The second-order valence-corrected chi connectivity index (χ2v) is 8.91. The summed E-state index contributed by atoms with van der Waals surface area (Å²) in [6, 6.07) is 10.9. The predicted molar refractivity (Wildman–Crippen MR) is 114 cm³/mol. The van der Waals surface area contributed by atoms with Gasteiger partial charge in [-0.1, -0.05) is 30.3 Å². The van der Waals surface area contributed by atoms with E-state index >= 15 is 0 Å². The van der Waals surface area contributed by atoms with Crippen molar-refractivity contribution in [1.82, 2.24) is 10.2 Å². The molecule has 0 radical (unpaired) electrons. The number of fused-ring (bicyclic) bond motifs is 1. The Bertz CT molecular complexity index is 786. The van der Waals surface area contributed by atoms with Gasteiger partial charge in [-0.25, -0.2) is 4.79 Å². The Labute approximate surface area is 191 Å². The molecule has 184 valence electrons. The largest absolute Gasteiger partial charge is 0.490 e. The van der Waals surface area contributed by atoms with Gasteiger partial charge >= 0.3 is 12.1 Å². The zero-order chi connectivity index (χ0) is 23.9. The Morgan fingerprint density at radius 2 is 1.82 bits per heavy atom.